The number of ether oxygens (including phenoxy) is 1. The minimum atomic E-state index is -0.206. The van der Waals surface area contributed by atoms with Crippen LogP contribution in [0.15, 0.2) is 33.9 Å². The number of hydrogen-bond donors (Lipinski definition) is 2. The van der Waals surface area contributed by atoms with Crippen molar-refractivity contribution in [2.45, 2.75) is 23.3 Å². The lowest BCUT2D eigenvalue weighted by atomic mass is 10.3. The van der Waals surface area contributed by atoms with Gasteiger partial charge in [-0.15, -0.1) is 0 Å². The van der Waals surface area contributed by atoms with E-state index >= 15 is 0 Å². The van der Waals surface area contributed by atoms with E-state index in [9.17, 15) is 9.59 Å². The number of oxazole rings is 1. The lowest BCUT2D eigenvalue weighted by molar-refractivity contribution is -0.122. The number of benzene rings is 1. The minimum Gasteiger partial charge on any atom is -0.431 e. The summed E-state index contributed by atoms with van der Waals surface area (Å²) in [5, 5.41) is 10.6. The fraction of sp³-hybridized carbons (Fsp3) is 0.368. The van der Waals surface area contributed by atoms with Crippen LogP contribution in [0.5, 0.6) is 0 Å². The van der Waals surface area contributed by atoms with Crippen molar-refractivity contribution < 1.29 is 18.7 Å². The fourth-order valence-electron chi connectivity index (χ4n) is 3.01. The highest BCUT2D eigenvalue weighted by Crippen LogP contribution is 2.35. The van der Waals surface area contributed by atoms with Crippen LogP contribution in [0.3, 0.4) is 0 Å². The van der Waals surface area contributed by atoms with E-state index in [2.05, 4.69) is 20.7 Å². The fourth-order valence-corrected chi connectivity index (χ4v) is 4.69. The van der Waals surface area contributed by atoms with Crippen molar-refractivity contribution in [2.24, 2.45) is 0 Å². The van der Waals surface area contributed by atoms with E-state index in [1.165, 1.54) is 11.8 Å². The number of rotatable bonds is 9. The molecule has 0 bridgehead atoms. The molecule has 1 aliphatic rings. The first kappa shape index (κ1) is 20.8. The third-order valence-electron chi connectivity index (χ3n) is 4.40. The number of nitrogens with one attached hydrogen (secondary N) is 2. The monoisotopic (exact) mass is 447 g/mol. The maximum atomic E-state index is 12.6. The number of para-hydroxylation sites is 2. The van der Waals surface area contributed by atoms with Gasteiger partial charge in [-0.3, -0.25) is 9.59 Å². The molecule has 9 nitrogen and oxygen atoms in total. The second-order valence-corrected chi connectivity index (χ2v) is 8.46. The molecule has 0 atom stereocenters. The van der Waals surface area contributed by atoms with Crippen molar-refractivity contribution in [1.29, 1.82) is 0 Å². The van der Waals surface area contributed by atoms with Gasteiger partial charge >= 0.3 is 0 Å². The highest BCUT2D eigenvalue weighted by atomic mass is 32.2. The Balaban J connectivity index is 1.40. The number of hydrogen-bond acceptors (Lipinski definition) is 8. The maximum Gasteiger partial charge on any atom is 0.257 e. The molecular formula is C19H21N5O4S2. The normalized spacial score (nSPS) is 12.8. The zero-order valence-electron chi connectivity index (χ0n) is 16.3. The van der Waals surface area contributed by atoms with Crippen LogP contribution in [0, 0.1) is 0 Å². The number of amides is 2. The number of anilines is 1. The molecule has 0 aliphatic carbocycles. The predicted molar refractivity (Wildman–Crippen MR) is 115 cm³/mol. The van der Waals surface area contributed by atoms with Gasteiger partial charge in [-0.2, -0.15) is 16.9 Å². The van der Waals surface area contributed by atoms with Crippen molar-refractivity contribution in [2.75, 3.05) is 31.3 Å². The van der Waals surface area contributed by atoms with E-state index in [0.29, 0.717) is 29.8 Å². The summed E-state index contributed by atoms with van der Waals surface area (Å²) in [5.74, 6) is 1.86. The number of carbonyl (C=O) groups is 2. The largest absolute Gasteiger partial charge is 0.431 e. The van der Waals surface area contributed by atoms with E-state index < -0.39 is 0 Å². The molecule has 11 heteroatoms. The van der Waals surface area contributed by atoms with Crippen molar-refractivity contribution in [3.8, 4) is 0 Å². The van der Waals surface area contributed by atoms with Crippen LogP contribution in [-0.2, 0) is 32.4 Å². The van der Waals surface area contributed by atoms with E-state index in [4.69, 9.17) is 9.15 Å². The van der Waals surface area contributed by atoms with E-state index in [1.807, 2.05) is 24.3 Å². The van der Waals surface area contributed by atoms with Crippen LogP contribution in [0.2, 0.25) is 0 Å². The summed E-state index contributed by atoms with van der Waals surface area (Å²) >= 11 is 2.96. The van der Waals surface area contributed by atoms with Gasteiger partial charge in [0.25, 0.3) is 5.22 Å². The van der Waals surface area contributed by atoms with E-state index in [-0.39, 0.29) is 24.1 Å². The summed E-state index contributed by atoms with van der Waals surface area (Å²) in [6.07, 6.45) is 0. The smallest absolute Gasteiger partial charge is 0.257 e. The molecular weight excluding hydrogens is 426 g/mol. The summed E-state index contributed by atoms with van der Waals surface area (Å²) in [6.45, 7) is 0.902. The Morgan fingerprint density at radius 3 is 3.00 bits per heavy atom. The van der Waals surface area contributed by atoms with Gasteiger partial charge in [0.15, 0.2) is 5.58 Å². The highest BCUT2D eigenvalue weighted by molar-refractivity contribution is 7.99. The number of carbonyl (C=O) groups excluding carboxylic acids is 2. The third-order valence-corrected chi connectivity index (χ3v) is 6.20. The molecule has 1 aromatic carbocycles. The highest BCUT2D eigenvalue weighted by Gasteiger charge is 2.25. The van der Waals surface area contributed by atoms with Gasteiger partial charge in [-0.05, 0) is 12.1 Å². The Kier molecular flexibility index (Phi) is 6.60. The Hall–Kier alpha value is -2.50. The van der Waals surface area contributed by atoms with Crippen LogP contribution in [0.1, 0.15) is 11.3 Å². The van der Waals surface area contributed by atoms with Crippen molar-refractivity contribution in [3.05, 3.63) is 35.5 Å². The average Bonchev–Trinajstić information content (AvgIpc) is 3.42. The van der Waals surface area contributed by atoms with Crippen LogP contribution < -0.4 is 10.6 Å². The first-order valence-corrected chi connectivity index (χ1v) is 11.5. The third kappa shape index (κ3) is 4.79. The van der Waals surface area contributed by atoms with Crippen LogP contribution in [-0.4, -0.2) is 52.6 Å². The number of thioether (sulfide) groups is 2. The molecule has 1 aliphatic heterocycles. The van der Waals surface area contributed by atoms with Gasteiger partial charge in [0.1, 0.15) is 17.9 Å². The molecule has 0 saturated carbocycles. The number of methoxy groups -OCH3 is 1. The van der Waals surface area contributed by atoms with Crippen molar-refractivity contribution in [1.82, 2.24) is 20.1 Å². The number of aromatic nitrogens is 3. The van der Waals surface area contributed by atoms with Gasteiger partial charge in [0.05, 0.1) is 18.1 Å². The maximum absolute atomic E-state index is 12.6. The second-order valence-electron chi connectivity index (χ2n) is 6.55. The van der Waals surface area contributed by atoms with Gasteiger partial charge in [0, 0.05) is 30.7 Å². The molecule has 4 rings (SSSR count). The summed E-state index contributed by atoms with van der Waals surface area (Å²) in [7, 11) is 1.58. The molecule has 0 spiro atoms. The lowest BCUT2D eigenvalue weighted by Gasteiger charge is -2.11. The Morgan fingerprint density at radius 2 is 2.17 bits per heavy atom. The first-order valence-electron chi connectivity index (χ1n) is 9.34. The van der Waals surface area contributed by atoms with Crippen LogP contribution in [0.25, 0.3) is 11.1 Å². The molecule has 158 valence electrons. The van der Waals surface area contributed by atoms with E-state index in [0.717, 1.165) is 28.3 Å². The predicted octanol–water partition coefficient (Wildman–Crippen LogP) is 2.26. The molecule has 0 fully saturated rings. The molecule has 2 amide bonds. The Morgan fingerprint density at radius 1 is 1.30 bits per heavy atom. The molecule has 0 radical (unpaired) electrons. The molecule has 0 saturated heterocycles. The molecule has 3 heterocycles. The molecule has 2 aromatic heterocycles. The zero-order chi connectivity index (χ0) is 20.9. The van der Waals surface area contributed by atoms with Gasteiger partial charge in [-0.1, -0.05) is 23.9 Å². The first-order chi connectivity index (χ1) is 14.6. The topological polar surface area (TPSA) is 111 Å². The summed E-state index contributed by atoms with van der Waals surface area (Å²) in [4.78, 5) is 29.1. The number of fused-ring (bicyclic) bond motifs is 2. The summed E-state index contributed by atoms with van der Waals surface area (Å²) in [6, 6.07) is 7.46. The van der Waals surface area contributed by atoms with Crippen LogP contribution in [0.4, 0.5) is 5.82 Å². The molecule has 0 unspecified atom stereocenters. The molecule has 3 aromatic rings. The van der Waals surface area contributed by atoms with Gasteiger partial charge in [0.2, 0.25) is 11.8 Å². The quantitative estimate of drug-likeness (QED) is 0.380. The van der Waals surface area contributed by atoms with Crippen LogP contribution >= 0.6 is 23.5 Å². The van der Waals surface area contributed by atoms with E-state index in [1.54, 1.807) is 23.6 Å². The number of nitrogens with zero attached hydrogens (tertiary/aromatic N) is 3. The van der Waals surface area contributed by atoms with Crippen molar-refractivity contribution in [3.63, 3.8) is 0 Å². The summed E-state index contributed by atoms with van der Waals surface area (Å²) < 4.78 is 12.1. The summed E-state index contributed by atoms with van der Waals surface area (Å²) in [5.41, 5.74) is 3.33. The Labute approximate surface area is 181 Å². The minimum absolute atomic E-state index is 0.0370. The van der Waals surface area contributed by atoms with Crippen molar-refractivity contribution >= 4 is 52.3 Å². The van der Waals surface area contributed by atoms with Gasteiger partial charge in [-0.25, -0.2) is 9.67 Å². The molecule has 30 heavy (non-hydrogen) atoms. The standard InChI is InChI=1S/C19H21N5O4S2/c1-27-7-6-20-16(25)8-24-18(12-9-29-10-14(12)23-24)22-17(26)11-30-19-21-13-4-2-3-5-15(13)28-19/h2-5H,6-11H2,1H3,(H,20,25)(H,22,26). The van der Waals surface area contributed by atoms with Gasteiger partial charge < -0.3 is 19.8 Å². The average molecular weight is 448 g/mol. The Bertz CT molecular complexity index is 1030. The zero-order valence-corrected chi connectivity index (χ0v) is 18.0. The second kappa shape index (κ2) is 9.54. The SMILES string of the molecule is COCCNC(=O)Cn1nc2c(c1NC(=O)CSc1nc3ccccc3o1)CSC2. The molecule has 2 N–H and O–H groups in total. The lowest BCUT2D eigenvalue weighted by Crippen LogP contribution is -2.31.